The third-order valence-corrected chi connectivity index (χ3v) is 5.07. The van der Waals surface area contributed by atoms with E-state index in [0.717, 1.165) is 24.9 Å². The van der Waals surface area contributed by atoms with Crippen LogP contribution in [0.2, 0.25) is 0 Å². The van der Waals surface area contributed by atoms with Crippen LogP contribution in [0.3, 0.4) is 0 Å². The Hall–Kier alpha value is -1.51. The van der Waals surface area contributed by atoms with Crippen molar-refractivity contribution in [3.63, 3.8) is 0 Å². The summed E-state index contributed by atoms with van der Waals surface area (Å²) >= 11 is 0. The van der Waals surface area contributed by atoms with E-state index in [9.17, 15) is 4.79 Å². The Kier molecular flexibility index (Phi) is 3.92. The molecule has 1 aromatic rings. The van der Waals surface area contributed by atoms with E-state index in [2.05, 4.69) is 43.1 Å². The first-order valence-corrected chi connectivity index (χ1v) is 8.25. The van der Waals surface area contributed by atoms with Crippen molar-refractivity contribution >= 4 is 11.6 Å². The van der Waals surface area contributed by atoms with Gasteiger partial charge in [-0.1, -0.05) is 18.2 Å². The van der Waals surface area contributed by atoms with E-state index < -0.39 is 0 Å². The number of carbonyl (C=O) groups excluding carboxylic acids is 1. The zero-order valence-electron chi connectivity index (χ0n) is 13.3. The van der Waals surface area contributed by atoms with Crippen LogP contribution < -0.4 is 5.32 Å². The zero-order chi connectivity index (χ0) is 15.0. The number of hydrogen-bond acceptors (Lipinski definition) is 2. The number of amides is 1. The molecule has 0 radical (unpaired) electrons. The summed E-state index contributed by atoms with van der Waals surface area (Å²) in [4.78, 5) is 15.3. The number of rotatable bonds is 1. The molecule has 2 aliphatic heterocycles. The maximum Gasteiger partial charge on any atom is 0.230 e. The molecular weight excluding hydrogens is 260 g/mol. The van der Waals surface area contributed by atoms with Crippen molar-refractivity contribution in [3.8, 4) is 0 Å². The first-order valence-electron chi connectivity index (χ1n) is 8.25. The maximum absolute atomic E-state index is 13.2. The SMILES string of the molecule is CC1CC(C(=O)N2C(C)CCCC2C)c2ccccc2N1. The largest absolute Gasteiger partial charge is 0.382 e. The maximum atomic E-state index is 13.2. The molecule has 0 aliphatic carbocycles. The molecule has 0 bridgehead atoms. The second-order valence-corrected chi connectivity index (χ2v) is 6.80. The van der Waals surface area contributed by atoms with Gasteiger partial charge in [-0.05, 0) is 58.1 Å². The molecule has 1 aromatic carbocycles. The Morgan fingerprint density at radius 1 is 1.14 bits per heavy atom. The summed E-state index contributed by atoms with van der Waals surface area (Å²) in [5.41, 5.74) is 2.30. The van der Waals surface area contributed by atoms with Gasteiger partial charge in [0.05, 0.1) is 5.92 Å². The molecule has 2 aliphatic rings. The highest BCUT2D eigenvalue weighted by atomic mass is 16.2. The highest BCUT2D eigenvalue weighted by Gasteiger charge is 2.37. The molecule has 1 N–H and O–H groups in total. The third-order valence-electron chi connectivity index (χ3n) is 5.07. The normalized spacial score (nSPS) is 32.2. The molecule has 4 atom stereocenters. The molecular formula is C18H26N2O. The molecule has 3 heteroatoms. The number of benzene rings is 1. The fourth-order valence-electron chi connectivity index (χ4n) is 4.01. The van der Waals surface area contributed by atoms with Crippen LogP contribution in [0.5, 0.6) is 0 Å². The molecule has 0 spiro atoms. The summed E-state index contributed by atoms with van der Waals surface area (Å²) < 4.78 is 0. The quantitative estimate of drug-likeness (QED) is 0.852. The third kappa shape index (κ3) is 2.66. The minimum Gasteiger partial charge on any atom is -0.382 e. The van der Waals surface area contributed by atoms with E-state index in [0.29, 0.717) is 24.0 Å². The molecule has 21 heavy (non-hydrogen) atoms. The molecule has 3 nitrogen and oxygen atoms in total. The lowest BCUT2D eigenvalue weighted by Gasteiger charge is -2.42. The molecule has 0 saturated carbocycles. The van der Waals surface area contributed by atoms with Gasteiger partial charge in [0.1, 0.15) is 0 Å². The highest BCUT2D eigenvalue weighted by molar-refractivity contribution is 5.87. The van der Waals surface area contributed by atoms with Gasteiger partial charge in [0.25, 0.3) is 0 Å². The van der Waals surface area contributed by atoms with Gasteiger partial charge >= 0.3 is 0 Å². The smallest absolute Gasteiger partial charge is 0.230 e. The standard InChI is InChI=1S/C18H26N2O/c1-12-11-16(15-9-4-5-10-17(15)19-12)18(21)20-13(2)7-6-8-14(20)3/h4-5,9-10,12-14,16,19H,6-8,11H2,1-3H3. The molecule has 3 rings (SSSR count). The average Bonchev–Trinajstić information content (AvgIpc) is 2.46. The Balaban J connectivity index is 1.90. The first kappa shape index (κ1) is 14.4. The van der Waals surface area contributed by atoms with Crippen LogP contribution in [-0.2, 0) is 4.79 Å². The van der Waals surface area contributed by atoms with E-state index in [1.54, 1.807) is 0 Å². The van der Waals surface area contributed by atoms with Crippen molar-refractivity contribution in [1.29, 1.82) is 0 Å². The summed E-state index contributed by atoms with van der Waals surface area (Å²) in [6.07, 6.45) is 4.41. The van der Waals surface area contributed by atoms with Crippen LogP contribution >= 0.6 is 0 Å². The number of fused-ring (bicyclic) bond motifs is 1. The van der Waals surface area contributed by atoms with Crippen LogP contribution in [0.25, 0.3) is 0 Å². The van der Waals surface area contributed by atoms with Gasteiger partial charge in [0, 0.05) is 23.8 Å². The lowest BCUT2D eigenvalue weighted by molar-refractivity contribution is -0.139. The molecule has 1 saturated heterocycles. The van der Waals surface area contributed by atoms with Crippen molar-refractivity contribution in [2.75, 3.05) is 5.32 Å². The highest BCUT2D eigenvalue weighted by Crippen LogP contribution is 2.37. The van der Waals surface area contributed by atoms with Gasteiger partial charge in [-0.25, -0.2) is 0 Å². The van der Waals surface area contributed by atoms with Crippen molar-refractivity contribution < 1.29 is 4.79 Å². The molecule has 0 aromatic heterocycles. The van der Waals surface area contributed by atoms with Crippen molar-refractivity contribution in [3.05, 3.63) is 29.8 Å². The predicted octanol–water partition coefficient (Wildman–Crippen LogP) is 3.76. The Morgan fingerprint density at radius 3 is 2.52 bits per heavy atom. The van der Waals surface area contributed by atoms with Gasteiger partial charge < -0.3 is 10.2 Å². The summed E-state index contributed by atoms with van der Waals surface area (Å²) in [6, 6.07) is 9.38. The second-order valence-electron chi connectivity index (χ2n) is 6.80. The van der Waals surface area contributed by atoms with Gasteiger partial charge in [0.15, 0.2) is 0 Å². The number of nitrogens with one attached hydrogen (secondary N) is 1. The lowest BCUT2D eigenvalue weighted by atomic mass is 9.84. The van der Waals surface area contributed by atoms with Gasteiger partial charge in [-0.2, -0.15) is 0 Å². The Labute approximate surface area is 127 Å². The topological polar surface area (TPSA) is 32.3 Å². The number of likely N-dealkylation sites (tertiary alicyclic amines) is 1. The van der Waals surface area contributed by atoms with E-state index >= 15 is 0 Å². The van der Waals surface area contributed by atoms with Crippen LogP contribution in [0, 0.1) is 0 Å². The van der Waals surface area contributed by atoms with Gasteiger partial charge in [-0.15, -0.1) is 0 Å². The summed E-state index contributed by atoms with van der Waals surface area (Å²) in [5.74, 6) is 0.343. The average molecular weight is 286 g/mol. The van der Waals surface area contributed by atoms with E-state index in [4.69, 9.17) is 0 Å². The second kappa shape index (κ2) is 5.70. The fraction of sp³-hybridized carbons (Fsp3) is 0.611. The molecule has 1 amide bonds. The zero-order valence-corrected chi connectivity index (χ0v) is 13.3. The summed E-state index contributed by atoms with van der Waals surface area (Å²) in [7, 11) is 0. The monoisotopic (exact) mass is 286 g/mol. The fourth-order valence-corrected chi connectivity index (χ4v) is 4.01. The van der Waals surface area contributed by atoms with E-state index in [1.807, 2.05) is 12.1 Å². The van der Waals surface area contributed by atoms with Crippen LogP contribution in [0.4, 0.5) is 5.69 Å². The van der Waals surface area contributed by atoms with Gasteiger partial charge in [0.2, 0.25) is 5.91 Å². The first-order chi connectivity index (χ1) is 10.1. The molecule has 114 valence electrons. The number of piperidine rings is 1. The Bertz CT molecular complexity index is 518. The number of hydrogen-bond donors (Lipinski definition) is 1. The van der Waals surface area contributed by atoms with E-state index in [1.165, 1.54) is 12.0 Å². The minimum absolute atomic E-state index is 0.0143. The van der Waals surface area contributed by atoms with E-state index in [-0.39, 0.29) is 5.92 Å². The van der Waals surface area contributed by atoms with Crippen LogP contribution in [-0.4, -0.2) is 28.9 Å². The number of nitrogens with zero attached hydrogens (tertiary/aromatic N) is 1. The van der Waals surface area contributed by atoms with Gasteiger partial charge in [-0.3, -0.25) is 4.79 Å². The number of carbonyl (C=O) groups is 1. The Morgan fingerprint density at radius 2 is 1.81 bits per heavy atom. The molecule has 2 heterocycles. The minimum atomic E-state index is 0.0143. The predicted molar refractivity (Wildman–Crippen MR) is 86.5 cm³/mol. The molecule has 4 unspecified atom stereocenters. The number of anilines is 1. The van der Waals surface area contributed by atoms with Crippen LogP contribution in [0.15, 0.2) is 24.3 Å². The van der Waals surface area contributed by atoms with Crippen molar-refractivity contribution in [2.45, 2.75) is 70.5 Å². The van der Waals surface area contributed by atoms with Crippen LogP contribution in [0.1, 0.15) is 57.9 Å². The molecule has 1 fully saturated rings. The lowest BCUT2D eigenvalue weighted by Crippen LogP contribution is -2.50. The van der Waals surface area contributed by atoms with Crippen molar-refractivity contribution in [2.24, 2.45) is 0 Å². The summed E-state index contributed by atoms with van der Waals surface area (Å²) in [6.45, 7) is 6.56. The number of para-hydroxylation sites is 1. The van der Waals surface area contributed by atoms with Crippen molar-refractivity contribution in [1.82, 2.24) is 4.90 Å². The summed E-state index contributed by atoms with van der Waals surface area (Å²) in [5, 5.41) is 3.50.